The number of unbranched alkanes of at least 4 members (excludes halogenated alkanes) is 1. The van der Waals surface area contributed by atoms with Crippen molar-refractivity contribution < 1.29 is 23.8 Å². The molecule has 0 bridgehead atoms. The van der Waals surface area contributed by atoms with Gasteiger partial charge in [0.1, 0.15) is 12.3 Å². The zero-order chi connectivity index (χ0) is 16.8. The molecule has 1 aromatic heterocycles. The molecular weight excluding hydrogens is 298 g/mol. The number of hydrogen-bond donors (Lipinski definition) is 0. The van der Waals surface area contributed by atoms with E-state index in [1.165, 1.54) is 9.58 Å². The Hall–Kier alpha value is -2.57. The molecule has 7 nitrogen and oxygen atoms in total. The third-order valence-corrected chi connectivity index (χ3v) is 3.57. The highest BCUT2D eigenvalue weighted by Crippen LogP contribution is 2.16. The predicted octanol–water partition coefficient (Wildman–Crippen LogP) is 1.18. The molecule has 0 unspecified atom stereocenters. The van der Waals surface area contributed by atoms with E-state index in [9.17, 15) is 9.90 Å². The van der Waals surface area contributed by atoms with Gasteiger partial charge in [-0.05, 0) is 23.2 Å². The van der Waals surface area contributed by atoms with Crippen LogP contribution in [-0.2, 0) is 11.3 Å². The standard InChI is InChI=1S/C16H21N3O4/c1-4-5-6-15(20)18(2)11-14-16(21)23-17-19(14)12-7-9-13(22-3)10-8-12/h7-10H,4-6,11H2,1-3H3. The monoisotopic (exact) mass is 319 g/mol. The Morgan fingerprint density at radius 3 is 2.70 bits per heavy atom. The molecule has 0 saturated heterocycles. The molecule has 1 heterocycles. The van der Waals surface area contributed by atoms with Crippen molar-refractivity contribution in [2.75, 3.05) is 14.2 Å². The molecular formula is C16H21N3O4. The molecule has 0 spiro atoms. The van der Waals surface area contributed by atoms with Crippen LogP contribution >= 0.6 is 0 Å². The van der Waals surface area contributed by atoms with Gasteiger partial charge in [0.25, 0.3) is 5.69 Å². The number of amides is 1. The highest BCUT2D eigenvalue weighted by atomic mass is 16.6. The smallest absolute Gasteiger partial charge is 0.259 e. The number of ether oxygens (including phenoxy) is 1. The van der Waals surface area contributed by atoms with Crippen molar-refractivity contribution in [3.8, 4) is 17.4 Å². The molecule has 0 aliphatic rings. The average Bonchev–Trinajstić information content (AvgIpc) is 2.93. The molecule has 23 heavy (non-hydrogen) atoms. The number of aromatic nitrogens is 2. The fraction of sp³-hybridized carbons (Fsp3) is 0.438. The third kappa shape index (κ3) is 4.00. The van der Waals surface area contributed by atoms with Crippen LogP contribution in [0.2, 0.25) is 0 Å². The number of carbonyl (C=O) groups excluding carboxylic acids is 1. The van der Waals surface area contributed by atoms with Gasteiger partial charge < -0.3 is 19.3 Å². The van der Waals surface area contributed by atoms with Gasteiger partial charge in [-0.3, -0.25) is 4.79 Å². The van der Waals surface area contributed by atoms with Crippen molar-refractivity contribution in [2.45, 2.75) is 32.7 Å². The summed E-state index contributed by atoms with van der Waals surface area (Å²) in [5.74, 6) is 0.151. The van der Waals surface area contributed by atoms with Gasteiger partial charge in [-0.2, -0.15) is 0 Å². The molecule has 0 N–H and O–H groups in total. The van der Waals surface area contributed by atoms with Crippen molar-refractivity contribution in [2.24, 2.45) is 0 Å². The maximum atomic E-state index is 12.0. The summed E-state index contributed by atoms with van der Waals surface area (Å²) in [5.41, 5.74) is 0.976. The number of rotatable bonds is 7. The van der Waals surface area contributed by atoms with E-state index in [2.05, 4.69) is 5.27 Å². The first-order chi connectivity index (χ1) is 11.1. The van der Waals surface area contributed by atoms with E-state index in [0.29, 0.717) is 23.6 Å². The summed E-state index contributed by atoms with van der Waals surface area (Å²) in [6.07, 6.45) is 2.25. The van der Waals surface area contributed by atoms with E-state index < -0.39 is 5.95 Å². The molecule has 0 saturated carbocycles. The molecule has 1 amide bonds. The zero-order valence-corrected chi connectivity index (χ0v) is 13.6. The van der Waals surface area contributed by atoms with Crippen LogP contribution in [0.5, 0.6) is 11.7 Å². The van der Waals surface area contributed by atoms with Crippen molar-refractivity contribution in [3.63, 3.8) is 0 Å². The number of methoxy groups -OCH3 is 1. The highest BCUT2D eigenvalue weighted by molar-refractivity contribution is 5.75. The van der Waals surface area contributed by atoms with E-state index in [1.54, 1.807) is 38.4 Å². The Morgan fingerprint density at radius 2 is 2.09 bits per heavy atom. The maximum absolute atomic E-state index is 12.0. The molecule has 124 valence electrons. The fourth-order valence-electron chi connectivity index (χ4n) is 2.16. The van der Waals surface area contributed by atoms with Gasteiger partial charge in [-0.15, -0.1) is 0 Å². The summed E-state index contributed by atoms with van der Waals surface area (Å²) in [6.45, 7) is 2.18. The first-order valence-electron chi connectivity index (χ1n) is 7.53. The number of benzene rings is 1. The average molecular weight is 319 g/mol. The van der Waals surface area contributed by atoms with Gasteiger partial charge in [-0.25, -0.2) is 0 Å². The van der Waals surface area contributed by atoms with Gasteiger partial charge in [0.15, 0.2) is 5.95 Å². The Labute approximate surface area is 135 Å². The van der Waals surface area contributed by atoms with Gasteiger partial charge in [0, 0.05) is 25.6 Å². The highest BCUT2D eigenvalue weighted by Gasteiger charge is 2.23. The van der Waals surface area contributed by atoms with Crippen LogP contribution in [0.1, 0.15) is 31.9 Å². The van der Waals surface area contributed by atoms with Crippen LogP contribution in [0.25, 0.3) is 5.69 Å². The Kier molecular flexibility index (Phi) is 5.56. The van der Waals surface area contributed by atoms with Gasteiger partial charge >= 0.3 is 0 Å². The minimum atomic E-state index is -0.545. The first-order valence-corrected chi connectivity index (χ1v) is 7.53. The minimum absolute atomic E-state index is 0.00580. The van der Waals surface area contributed by atoms with Crippen LogP contribution in [0.15, 0.2) is 28.8 Å². The molecule has 0 aliphatic carbocycles. The number of carbonyl (C=O) groups is 1. The summed E-state index contributed by atoms with van der Waals surface area (Å²) >= 11 is 0. The van der Waals surface area contributed by atoms with Crippen molar-refractivity contribution >= 4 is 5.91 Å². The Bertz CT molecular complexity index is 652. The topological polar surface area (TPSA) is 82.5 Å². The van der Waals surface area contributed by atoms with Crippen LogP contribution < -0.4 is 14.5 Å². The largest absolute Gasteiger partial charge is 0.539 e. The van der Waals surface area contributed by atoms with E-state index in [4.69, 9.17) is 9.26 Å². The first kappa shape index (κ1) is 16.8. The summed E-state index contributed by atoms with van der Waals surface area (Å²) in [5, 5.41) is 15.7. The van der Waals surface area contributed by atoms with E-state index >= 15 is 0 Å². The molecule has 2 aromatic rings. The van der Waals surface area contributed by atoms with E-state index in [-0.39, 0.29) is 12.5 Å². The molecule has 1 aromatic carbocycles. The van der Waals surface area contributed by atoms with Gasteiger partial charge in [0.2, 0.25) is 11.6 Å². The second kappa shape index (κ2) is 7.62. The minimum Gasteiger partial charge on any atom is -0.539 e. The summed E-state index contributed by atoms with van der Waals surface area (Å²) < 4.78 is 11.3. The molecule has 0 radical (unpaired) electrons. The molecule has 7 heteroatoms. The molecule has 0 aliphatic heterocycles. The maximum Gasteiger partial charge on any atom is 0.259 e. The lowest BCUT2D eigenvalue weighted by Crippen LogP contribution is -2.40. The molecule has 0 fully saturated rings. The van der Waals surface area contributed by atoms with Crippen LogP contribution in [0, 0.1) is 0 Å². The number of nitrogens with zero attached hydrogens (tertiary/aromatic N) is 3. The van der Waals surface area contributed by atoms with E-state index in [0.717, 1.165) is 12.8 Å². The lowest BCUT2D eigenvalue weighted by atomic mass is 10.2. The molecule has 0 atom stereocenters. The van der Waals surface area contributed by atoms with Gasteiger partial charge in [0.05, 0.1) is 12.4 Å². The van der Waals surface area contributed by atoms with Crippen molar-refractivity contribution in [1.82, 2.24) is 10.2 Å². The van der Waals surface area contributed by atoms with Crippen molar-refractivity contribution in [1.29, 1.82) is 0 Å². The summed E-state index contributed by atoms with van der Waals surface area (Å²) in [4.78, 5) is 13.5. The normalized spacial score (nSPS) is 10.6. The number of hydrogen-bond acceptors (Lipinski definition) is 5. The van der Waals surface area contributed by atoms with Crippen LogP contribution in [-0.4, -0.2) is 30.2 Å². The molecule has 2 rings (SSSR count). The Morgan fingerprint density at radius 1 is 1.39 bits per heavy atom. The second-order valence-corrected chi connectivity index (χ2v) is 5.27. The summed E-state index contributed by atoms with van der Waals surface area (Å²) in [6, 6.07) is 7.06. The quantitative estimate of drug-likeness (QED) is 0.716. The Balaban J connectivity index is 2.19. The fourth-order valence-corrected chi connectivity index (χ4v) is 2.16. The van der Waals surface area contributed by atoms with Crippen molar-refractivity contribution in [3.05, 3.63) is 30.0 Å². The third-order valence-electron chi connectivity index (χ3n) is 3.57. The predicted molar refractivity (Wildman–Crippen MR) is 80.0 cm³/mol. The SMILES string of the molecule is CCCCC(=O)N(C)Cc1c([O-])on[n+]1-c1ccc(OC)cc1. The van der Waals surface area contributed by atoms with E-state index in [1.807, 2.05) is 6.92 Å². The van der Waals surface area contributed by atoms with Crippen LogP contribution in [0.3, 0.4) is 0 Å². The second-order valence-electron chi connectivity index (χ2n) is 5.27. The lowest BCUT2D eigenvalue weighted by molar-refractivity contribution is -0.678. The zero-order valence-electron chi connectivity index (χ0n) is 13.6. The lowest BCUT2D eigenvalue weighted by Gasteiger charge is -2.14. The van der Waals surface area contributed by atoms with Crippen LogP contribution in [0.4, 0.5) is 0 Å². The van der Waals surface area contributed by atoms with Gasteiger partial charge in [-0.1, -0.05) is 13.3 Å². The summed E-state index contributed by atoms with van der Waals surface area (Å²) in [7, 11) is 3.25.